The highest BCUT2D eigenvalue weighted by atomic mass is 79.9. The first-order valence-electron chi connectivity index (χ1n) is 10.7. The molecule has 8 heteroatoms. The monoisotopic (exact) mass is 545 g/mol. The van der Waals surface area contributed by atoms with Gasteiger partial charge in [0.25, 0.3) is 11.8 Å². The largest absolute Gasteiger partial charge is 0.369 e. The summed E-state index contributed by atoms with van der Waals surface area (Å²) in [6.07, 6.45) is 2.55. The fraction of sp³-hybridized carbons (Fsp3) is 0.320. The summed E-state index contributed by atoms with van der Waals surface area (Å²) < 4.78 is 0.891. The molecule has 0 aliphatic carbocycles. The quantitative estimate of drug-likeness (QED) is 0.287. The molecule has 0 bridgehead atoms. The van der Waals surface area contributed by atoms with E-state index in [1.165, 1.54) is 4.90 Å². The number of nitrogens with zero attached hydrogens (tertiary/aromatic N) is 2. The van der Waals surface area contributed by atoms with Gasteiger partial charge in [0.2, 0.25) is 0 Å². The topological polar surface area (TPSA) is 52.7 Å². The van der Waals surface area contributed by atoms with Crippen LogP contribution >= 0.6 is 39.7 Å². The first kappa shape index (κ1) is 23.9. The third-order valence-corrected chi connectivity index (χ3v) is 7.66. The summed E-state index contributed by atoms with van der Waals surface area (Å²) in [6, 6.07) is 9.43. The fourth-order valence-electron chi connectivity index (χ4n) is 4.62. The van der Waals surface area contributed by atoms with Gasteiger partial charge in [0.15, 0.2) is 5.11 Å². The number of halogens is 2. The lowest BCUT2D eigenvalue weighted by molar-refractivity contribution is -0.122. The number of benzene rings is 2. The molecule has 33 heavy (non-hydrogen) atoms. The molecule has 1 fully saturated rings. The number of carbonyl (C=O) groups excluding carboxylic acids is 2. The van der Waals surface area contributed by atoms with Gasteiger partial charge < -0.3 is 4.90 Å². The summed E-state index contributed by atoms with van der Waals surface area (Å²) in [7, 11) is 2.07. The molecule has 0 radical (unpaired) electrons. The Morgan fingerprint density at radius 2 is 1.91 bits per heavy atom. The molecule has 2 aromatic carbocycles. The van der Waals surface area contributed by atoms with Gasteiger partial charge in [-0.25, -0.2) is 0 Å². The highest BCUT2D eigenvalue weighted by molar-refractivity contribution is 9.10. The molecule has 1 N–H and O–H groups in total. The number of hydrogen-bond acceptors (Lipinski definition) is 4. The molecule has 0 aromatic heterocycles. The van der Waals surface area contributed by atoms with E-state index in [-0.39, 0.29) is 16.2 Å². The maximum Gasteiger partial charge on any atom is 0.270 e. The van der Waals surface area contributed by atoms with Gasteiger partial charge in [-0.3, -0.25) is 19.8 Å². The van der Waals surface area contributed by atoms with Crippen molar-refractivity contribution in [2.24, 2.45) is 0 Å². The molecule has 2 amide bonds. The third kappa shape index (κ3) is 4.22. The lowest BCUT2D eigenvalue weighted by Crippen LogP contribution is -2.54. The van der Waals surface area contributed by atoms with Gasteiger partial charge in [-0.15, -0.1) is 0 Å². The summed E-state index contributed by atoms with van der Waals surface area (Å²) in [6.45, 7) is 8.49. The molecule has 2 aliphatic heterocycles. The van der Waals surface area contributed by atoms with E-state index in [4.69, 9.17) is 23.8 Å². The van der Waals surface area contributed by atoms with Crippen molar-refractivity contribution in [1.29, 1.82) is 0 Å². The Bertz CT molecular complexity index is 1240. The van der Waals surface area contributed by atoms with Crippen LogP contribution in [0.2, 0.25) is 5.02 Å². The Morgan fingerprint density at radius 3 is 2.58 bits per heavy atom. The number of aryl methyl sites for hydroxylation is 1. The van der Waals surface area contributed by atoms with Crippen molar-refractivity contribution >= 4 is 74.1 Å². The first-order valence-corrected chi connectivity index (χ1v) is 12.2. The number of thiocarbonyl (C=S) groups is 1. The van der Waals surface area contributed by atoms with Crippen LogP contribution in [-0.4, -0.2) is 29.5 Å². The highest BCUT2D eigenvalue weighted by Gasteiger charge is 2.37. The lowest BCUT2D eigenvalue weighted by Gasteiger charge is -2.45. The second-order valence-corrected chi connectivity index (χ2v) is 11.0. The van der Waals surface area contributed by atoms with Crippen LogP contribution in [0.5, 0.6) is 0 Å². The molecule has 172 valence electrons. The molecule has 1 unspecified atom stereocenters. The molecule has 4 rings (SSSR count). The van der Waals surface area contributed by atoms with Crippen LogP contribution in [0.15, 0.2) is 40.4 Å². The minimum Gasteiger partial charge on any atom is -0.369 e. The van der Waals surface area contributed by atoms with Gasteiger partial charge >= 0.3 is 0 Å². The standard InChI is InChI=1S/C25H25BrClN3O2S/c1-13-8-16(26)6-7-20(13)30-23(32)18(22(31)28-24(30)33)10-15-9-17-14(2)12-25(3,4)29(5)21(17)11-19(15)27/h6-11,14H,12H2,1-5H3,(H,28,31,33)/b18-10-. The summed E-state index contributed by atoms with van der Waals surface area (Å²) in [5, 5.41) is 3.19. The number of hydrogen-bond donors (Lipinski definition) is 1. The Kier molecular flexibility index (Phi) is 6.18. The van der Waals surface area contributed by atoms with E-state index < -0.39 is 11.8 Å². The number of fused-ring (bicyclic) bond motifs is 1. The normalized spacial score (nSPS) is 21.4. The Balaban J connectivity index is 1.78. The molecule has 0 spiro atoms. The van der Waals surface area contributed by atoms with E-state index in [0.29, 0.717) is 22.2 Å². The molecule has 2 aromatic rings. The predicted octanol–water partition coefficient (Wildman–Crippen LogP) is 5.96. The minimum atomic E-state index is -0.531. The van der Waals surface area contributed by atoms with Crippen LogP contribution in [0.25, 0.3) is 6.08 Å². The summed E-state index contributed by atoms with van der Waals surface area (Å²) in [5.74, 6) is -0.698. The second-order valence-electron chi connectivity index (χ2n) is 9.30. The highest BCUT2D eigenvalue weighted by Crippen LogP contribution is 2.44. The van der Waals surface area contributed by atoms with Crippen molar-refractivity contribution < 1.29 is 9.59 Å². The molecule has 1 saturated heterocycles. The molecule has 2 heterocycles. The zero-order chi connectivity index (χ0) is 24.2. The van der Waals surface area contributed by atoms with Crippen molar-refractivity contribution in [3.63, 3.8) is 0 Å². The zero-order valence-corrected chi connectivity index (χ0v) is 22.3. The van der Waals surface area contributed by atoms with Crippen molar-refractivity contribution in [1.82, 2.24) is 5.32 Å². The molecular formula is C25H25BrClN3O2S. The van der Waals surface area contributed by atoms with Gasteiger partial charge in [0.1, 0.15) is 5.57 Å². The van der Waals surface area contributed by atoms with Crippen LogP contribution < -0.4 is 15.1 Å². The number of amides is 2. The van der Waals surface area contributed by atoms with Crippen molar-refractivity contribution in [3.8, 4) is 0 Å². The van der Waals surface area contributed by atoms with Gasteiger partial charge in [-0.05, 0) is 98.4 Å². The number of nitrogens with one attached hydrogen (secondary N) is 1. The van der Waals surface area contributed by atoms with Gasteiger partial charge in [0.05, 0.1) is 5.69 Å². The maximum absolute atomic E-state index is 13.4. The van der Waals surface area contributed by atoms with E-state index in [1.54, 1.807) is 12.1 Å². The summed E-state index contributed by atoms with van der Waals surface area (Å²) in [4.78, 5) is 29.8. The van der Waals surface area contributed by atoms with Crippen LogP contribution in [0.1, 0.15) is 49.8 Å². The Labute approximate surface area is 212 Å². The lowest BCUT2D eigenvalue weighted by atomic mass is 9.80. The van der Waals surface area contributed by atoms with Gasteiger partial charge in [0, 0.05) is 27.8 Å². The Morgan fingerprint density at radius 1 is 1.21 bits per heavy atom. The second kappa shape index (κ2) is 8.53. The molecular weight excluding hydrogens is 522 g/mol. The smallest absolute Gasteiger partial charge is 0.270 e. The average Bonchev–Trinajstić information content (AvgIpc) is 2.71. The van der Waals surface area contributed by atoms with Crippen molar-refractivity contribution in [3.05, 3.63) is 62.1 Å². The van der Waals surface area contributed by atoms with E-state index >= 15 is 0 Å². The van der Waals surface area contributed by atoms with Crippen LogP contribution in [0.4, 0.5) is 11.4 Å². The predicted molar refractivity (Wildman–Crippen MR) is 142 cm³/mol. The van der Waals surface area contributed by atoms with Gasteiger partial charge in [-0.2, -0.15) is 0 Å². The molecule has 0 saturated carbocycles. The van der Waals surface area contributed by atoms with Crippen LogP contribution in [0.3, 0.4) is 0 Å². The van der Waals surface area contributed by atoms with E-state index in [9.17, 15) is 9.59 Å². The zero-order valence-electron chi connectivity index (χ0n) is 19.1. The Hall–Kier alpha value is -2.22. The van der Waals surface area contributed by atoms with Crippen molar-refractivity contribution in [2.45, 2.75) is 45.6 Å². The molecule has 5 nitrogen and oxygen atoms in total. The molecule has 2 aliphatic rings. The maximum atomic E-state index is 13.4. The van der Waals surface area contributed by atoms with Gasteiger partial charge in [-0.1, -0.05) is 34.5 Å². The summed E-state index contributed by atoms with van der Waals surface area (Å²) in [5.41, 5.74) is 4.31. The minimum absolute atomic E-state index is 0.00762. The number of carbonyl (C=O) groups is 2. The number of rotatable bonds is 2. The van der Waals surface area contributed by atoms with E-state index in [2.05, 4.69) is 54.0 Å². The van der Waals surface area contributed by atoms with Crippen molar-refractivity contribution in [2.75, 3.05) is 16.8 Å². The number of anilines is 2. The third-order valence-electron chi connectivity index (χ3n) is 6.55. The van der Waals surface area contributed by atoms with Crippen LogP contribution in [0, 0.1) is 6.92 Å². The fourth-order valence-corrected chi connectivity index (χ4v) is 5.58. The summed E-state index contributed by atoms with van der Waals surface area (Å²) >= 11 is 15.4. The SMILES string of the molecule is Cc1cc(Br)ccc1N1C(=O)/C(=C\c2cc3c(cc2Cl)N(C)C(C)(C)CC3C)C(=O)NC1=S. The molecule has 1 atom stereocenters. The first-order chi connectivity index (χ1) is 15.4. The average molecular weight is 547 g/mol. The van der Waals surface area contributed by atoms with E-state index in [1.807, 2.05) is 31.2 Å². The van der Waals surface area contributed by atoms with Crippen LogP contribution in [-0.2, 0) is 9.59 Å². The van der Waals surface area contributed by atoms with E-state index in [0.717, 1.165) is 27.7 Å².